The first-order valence-electron chi connectivity index (χ1n) is 9.67. The van der Waals surface area contributed by atoms with Gasteiger partial charge in [0.05, 0.1) is 10.3 Å². The highest BCUT2D eigenvalue weighted by Crippen LogP contribution is 2.37. The Balaban J connectivity index is 1.59. The van der Waals surface area contributed by atoms with E-state index in [0.717, 1.165) is 22.9 Å². The van der Waals surface area contributed by atoms with Crippen molar-refractivity contribution < 1.29 is 17.9 Å². The Morgan fingerprint density at radius 3 is 2.41 bits per heavy atom. The van der Waals surface area contributed by atoms with Crippen LogP contribution in [-0.4, -0.2) is 33.6 Å². The second-order valence-corrected chi connectivity index (χ2v) is 10.2. The van der Waals surface area contributed by atoms with E-state index in [1.807, 2.05) is 24.3 Å². The molecule has 154 valence electrons. The zero-order chi connectivity index (χ0) is 20.5. The van der Waals surface area contributed by atoms with Gasteiger partial charge in [-0.05, 0) is 61.6 Å². The second kappa shape index (κ2) is 8.18. The van der Waals surface area contributed by atoms with Gasteiger partial charge in [-0.15, -0.1) is 0 Å². The zero-order valence-corrected chi connectivity index (χ0v) is 18.3. The summed E-state index contributed by atoms with van der Waals surface area (Å²) in [5.41, 5.74) is 0.692. The molecule has 1 amide bonds. The summed E-state index contributed by atoms with van der Waals surface area (Å²) in [4.78, 5) is 13.5. The maximum absolute atomic E-state index is 13.4. The molecular formula is C21H23BrN2O4S. The minimum Gasteiger partial charge on any atom is -0.381 e. The second-order valence-electron chi connectivity index (χ2n) is 7.58. The van der Waals surface area contributed by atoms with Gasteiger partial charge in [-0.3, -0.25) is 4.79 Å². The molecule has 0 aromatic heterocycles. The third-order valence-corrected chi connectivity index (χ3v) is 7.53. The van der Waals surface area contributed by atoms with Crippen LogP contribution in [-0.2, 0) is 25.0 Å². The molecule has 0 spiro atoms. The number of carbonyl (C=O) groups excluding carboxylic acids is 1. The van der Waals surface area contributed by atoms with Gasteiger partial charge in [0.1, 0.15) is 0 Å². The highest BCUT2D eigenvalue weighted by molar-refractivity contribution is 9.10. The number of ether oxygens (including phenoxy) is 1. The Morgan fingerprint density at radius 2 is 1.76 bits per heavy atom. The minimum atomic E-state index is -3.58. The van der Waals surface area contributed by atoms with Crippen LogP contribution < -0.4 is 10.0 Å². The van der Waals surface area contributed by atoms with Crippen LogP contribution in [0.1, 0.15) is 31.2 Å². The number of carbonyl (C=O) groups is 1. The lowest BCUT2D eigenvalue weighted by Crippen LogP contribution is -2.44. The molecule has 1 saturated carbocycles. The summed E-state index contributed by atoms with van der Waals surface area (Å²) in [6.07, 6.45) is 2.88. The van der Waals surface area contributed by atoms with Gasteiger partial charge in [0.15, 0.2) is 0 Å². The van der Waals surface area contributed by atoms with E-state index < -0.39 is 15.4 Å². The van der Waals surface area contributed by atoms with Gasteiger partial charge in [-0.1, -0.05) is 34.1 Å². The fraction of sp³-hybridized carbons (Fsp3) is 0.381. The molecule has 1 aliphatic carbocycles. The van der Waals surface area contributed by atoms with Crippen LogP contribution in [0, 0.1) is 0 Å². The summed E-state index contributed by atoms with van der Waals surface area (Å²) in [6, 6.07) is 14.2. The van der Waals surface area contributed by atoms with Crippen molar-refractivity contribution in [3.05, 3.63) is 58.6 Å². The molecular weight excluding hydrogens is 456 g/mol. The van der Waals surface area contributed by atoms with Crippen LogP contribution in [0.5, 0.6) is 0 Å². The Kier molecular flexibility index (Phi) is 5.79. The quantitative estimate of drug-likeness (QED) is 0.664. The largest absolute Gasteiger partial charge is 0.381 e. The van der Waals surface area contributed by atoms with Gasteiger partial charge < -0.3 is 10.1 Å². The molecule has 8 heteroatoms. The molecule has 4 rings (SSSR count). The van der Waals surface area contributed by atoms with Gasteiger partial charge in [0.25, 0.3) is 0 Å². The smallest absolute Gasteiger partial charge is 0.240 e. The third kappa shape index (κ3) is 4.55. The number of amides is 1. The van der Waals surface area contributed by atoms with E-state index in [2.05, 4.69) is 26.0 Å². The summed E-state index contributed by atoms with van der Waals surface area (Å²) < 4.78 is 34.1. The molecule has 0 atom stereocenters. The first kappa shape index (κ1) is 20.5. The number of sulfonamides is 1. The van der Waals surface area contributed by atoms with Crippen molar-refractivity contribution in [1.82, 2.24) is 4.72 Å². The molecule has 0 radical (unpaired) electrons. The lowest BCUT2D eigenvalue weighted by atomic mass is 9.73. The van der Waals surface area contributed by atoms with Gasteiger partial charge >= 0.3 is 0 Å². The van der Waals surface area contributed by atoms with Crippen molar-refractivity contribution in [3.63, 3.8) is 0 Å². The van der Waals surface area contributed by atoms with Crippen LogP contribution in [0.2, 0.25) is 0 Å². The fourth-order valence-electron chi connectivity index (χ4n) is 3.62. The molecule has 2 N–H and O–H groups in total. The Labute approximate surface area is 179 Å². The molecule has 0 bridgehead atoms. The van der Waals surface area contributed by atoms with Crippen molar-refractivity contribution >= 4 is 37.5 Å². The maximum atomic E-state index is 13.4. The number of anilines is 1. The Morgan fingerprint density at radius 1 is 1.07 bits per heavy atom. The number of benzene rings is 2. The van der Waals surface area contributed by atoms with E-state index in [1.165, 1.54) is 6.07 Å². The van der Waals surface area contributed by atoms with Crippen molar-refractivity contribution in [2.24, 2.45) is 0 Å². The summed E-state index contributed by atoms with van der Waals surface area (Å²) in [7, 11) is -3.58. The van der Waals surface area contributed by atoms with E-state index >= 15 is 0 Å². The summed E-state index contributed by atoms with van der Waals surface area (Å²) in [6.45, 7) is 1.01. The normalized spacial score (nSPS) is 18.9. The van der Waals surface area contributed by atoms with Crippen LogP contribution >= 0.6 is 15.9 Å². The predicted molar refractivity (Wildman–Crippen MR) is 114 cm³/mol. The highest BCUT2D eigenvalue weighted by atomic mass is 79.9. The molecule has 2 aromatic carbocycles. The predicted octanol–water partition coefficient (Wildman–Crippen LogP) is 3.58. The van der Waals surface area contributed by atoms with Crippen molar-refractivity contribution in [3.8, 4) is 0 Å². The molecule has 2 aliphatic rings. The lowest BCUT2D eigenvalue weighted by Gasteiger charge is -2.36. The van der Waals surface area contributed by atoms with Crippen molar-refractivity contribution in [2.75, 3.05) is 18.5 Å². The molecule has 6 nitrogen and oxygen atoms in total. The molecule has 1 saturated heterocycles. The van der Waals surface area contributed by atoms with E-state index in [-0.39, 0.29) is 16.8 Å². The van der Waals surface area contributed by atoms with Gasteiger partial charge in [0, 0.05) is 29.4 Å². The van der Waals surface area contributed by atoms with Crippen LogP contribution in [0.25, 0.3) is 0 Å². The van der Waals surface area contributed by atoms with E-state index in [9.17, 15) is 13.2 Å². The van der Waals surface area contributed by atoms with Crippen LogP contribution in [0.15, 0.2) is 57.9 Å². The number of hydrogen-bond donors (Lipinski definition) is 2. The van der Waals surface area contributed by atoms with E-state index in [4.69, 9.17) is 4.74 Å². The summed E-state index contributed by atoms with van der Waals surface area (Å²) >= 11 is 3.44. The zero-order valence-electron chi connectivity index (χ0n) is 15.9. The first-order valence-corrected chi connectivity index (χ1v) is 11.9. The average molecular weight is 479 g/mol. The highest BCUT2D eigenvalue weighted by Gasteiger charge is 2.41. The Hall–Kier alpha value is -1.74. The number of rotatable bonds is 6. The van der Waals surface area contributed by atoms with Gasteiger partial charge in [-0.2, -0.15) is 0 Å². The monoisotopic (exact) mass is 478 g/mol. The van der Waals surface area contributed by atoms with Gasteiger partial charge in [0.2, 0.25) is 15.9 Å². The van der Waals surface area contributed by atoms with E-state index in [0.29, 0.717) is 31.7 Å². The summed E-state index contributed by atoms with van der Waals surface area (Å²) in [5, 5.41) is 2.95. The average Bonchev–Trinajstić information content (AvgIpc) is 3.52. The van der Waals surface area contributed by atoms with Crippen molar-refractivity contribution in [1.29, 1.82) is 0 Å². The maximum Gasteiger partial charge on any atom is 0.240 e. The molecule has 29 heavy (non-hydrogen) atoms. The number of halogens is 1. The van der Waals surface area contributed by atoms with Gasteiger partial charge in [-0.25, -0.2) is 13.1 Å². The lowest BCUT2D eigenvalue weighted by molar-refractivity contribution is -0.125. The van der Waals surface area contributed by atoms with Crippen LogP contribution in [0.4, 0.5) is 5.69 Å². The molecule has 2 fully saturated rings. The first-order chi connectivity index (χ1) is 13.9. The standard InChI is InChI=1S/C21H23BrN2O4S/c22-16-6-4-15(5-7-16)21(10-12-28-13-11-21)20(25)23-18-2-1-3-19(14-18)29(26,27)24-17-8-9-17/h1-7,14,17,24H,8-13H2,(H,23,25). The molecule has 1 aliphatic heterocycles. The molecule has 2 aromatic rings. The number of nitrogens with one attached hydrogen (secondary N) is 2. The topological polar surface area (TPSA) is 84.5 Å². The van der Waals surface area contributed by atoms with Crippen LogP contribution in [0.3, 0.4) is 0 Å². The minimum absolute atomic E-state index is 0.0289. The molecule has 0 unspecified atom stereocenters. The Bertz CT molecular complexity index is 998. The fourth-order valence-corrected chi connectivity index (χ4v) is 5.23. The SMILES string of the molecule is O=C(Nc1cccc(S(=O)(=O)NC2CC2)c1)C1(c2ccc(Br)cc2)CCOCC1. The van der Waals surface area contributed by atoms with E-state index in [1.54, 1.807) is 18.2 Å². The summed E-state index contributed by atoms with van der Waals surface area (Å²) in [5.74, 6) is -0.146. The molecule has 1 heterocycles. The third-order valence-electron chi connectivity index (χ3n) is 5.48. The number of hydrogen-bond acceptors (Lipinski definition) is 4. The van der Waals surface area contributed by atoms with Crippen molar-refractivity contribution in [2.45, 2.75) is 42.0 Å².